The lowest BCUT2D eigenvalue weighted by molar-refractivity contribution is 0.0697. The van der Waals surface area contributed by atoms with E-state index < -0.39 is 12.1 Å². The normalized spacial score (nSPS) is 9.82. The molecule has 6 heteroatoms. The van der Waals surface area contributed by atoms with Gasteiger partial charge in [-0.25, -0.2) is 9.59 Å². The number of anilines is 1. The van der Waals surface area contributed by atoms with Crippen molar-refractivity contribution in [2.45, 2.75) is 13.8 Å². The highest BCUT2D eigenvalue weighted by molar-refractivity contribution is 6.32. The number of aromatic carboxylic acids is 1. The molecule has 0 heterocycles. The Kier molecular flexibility index (Phi) is 4.34. The van der Waals surface area contributed by atoms with Crippen LogP contribution in [0, 0.1) is 6.92 Å². The van der Waals surface area contributed by atoms with Crippen molar-refractivity contribution in [2.75, 3.05) is 11.9 Å². The molecule has 0 unspecified atom stereocenters. The standard InChI is InChI=1S/C11H12ClNO4/c1-3-17-11(16)13-8-5-4-7(12)6(2)9(8)10(14)15/h4-5H,3H2,1-2H3,(H,13,16)(H,14,15). The molecule has 0 fully saturated rings. The summed E-state index contributed by atoms with van der Waals surface area (Å²) in [6.45, 7) is 3.44. The number of nitrogens with one attached hydrogen (secondary N) is 1. The van der Waals surface area contributed by atoms with E-state index in [0.29, 0.717) is 10.6 Å². The van der Waals surface area contributed by atoms with Crippen molar-refractivity contribution in [1.29, 1.82) is 0 Å². The molecule has 5 nitrogen and oxygen atoms in total. The van der Waals surface area contributed by atoms with E-state index in [1.165, 1.54) is 12.1 Å². The second-order valence-electron chi connectivity index (χ2n) is 3.25. The molecule has 1 aromatic carbocycles. The van der Waals surface area contributed by atoms with Crippen LogP contribution in [0.3, 0.4) is 0 Å². The quantitative estimate of drug-likeness (QED) is 0.873. The van der Waals surface area contributed by atoms with E-state index in [2.05, 4.69) is 10.1 Å². The number of carboxylic acids is 1. The van der Waals surface area contributed by atoms with Crippen LogP contribution >= 0.6 is 11.6 Å². The monoisotopic (exact) mass is 257 g/mol. The zero-order chi connectivity index (χ0) is 13.0. The van der Waals surface area contributed by atoms with Gasteiger partial charge in [0.1, 0.15) is 0 Å². The van der Waals surface area contributed by atoms with Crippen LogP contribution in [-0.2, 0) is 4.74 Å². The molecule has 0 saturated carbocycles. The van der Waals surface area contributed by atoms with Gasteiger partial charge in [0, 0.05) is 5.02 Å². The number of ether oxygens (including phenoxy) is 1. The van der Waals surface area contributed by atoms with E-state index in [0.717, 1.165) is 0 Å². The minimum Gasteiger partial charge on any atom is -0.478 e. The molecule has 17 heavy (non-hydrogen) atoms. The fraction of sp³-hybridized carbons (Fsp3) is 0.273. The maximum atomic E-state index is 11.2. The topological polar surface area (TPSA) is 75.6 Å². The molecule has 0 atom stereocenters. The van der Waals surface area contributed by atoms with Gasteiger partial charge >= 0.3 is 12.1 Å². The van der Waals surface area contributed by atoms with Crippen molar-refractivity contribution < 1.29 is 19.4 Å². The SMILES string of the molecule is CCOC(=O)Nc1ccc(Cl)c(C)c1C(=O)O. The van der Waals surface area contributed by atoms with E-state index in [-0.39, 0.29) is 17.9 Å². The predicted octanol–water partition coefficient (Wildman–Crippen LogP) is 2.92. The molecule has 1 rings (SSSR count). The molecule has 0 spiro atoms. The Bertz CT molecular complexity index is 459. The van der Waals surface area contributed by atoms with E-state index in [9.17, 15) is 9.59 Å². The van der Waals surface area contributed by atoms with E-state index in [1.54, 1.807) is 13.8 Å². The molecule has 0 aliphatic heterocycles. The van der Waals surface area contributed by atoms with Crippen molar-refractivity contribution in [3.63, 3.8) is 0 Å². The van der Waals surface area contributed by atoms with Crippen LogP contribution in [0.4, 0.5) is 10.5 Å². The average molecular weight is 258 g/mol. The highest BCUT2D eigenvalue weighted by Gasteiger charge is 2.17. The van der Waals surface area contributed by atoms with Gasteiger partial charge in [-0.2, -0.15) is 0 Å². The molecule has 0 radical (unpaired) electrons. The van der Waals surface area contributed by atoms with E-state index in [1.807, 2.05) is 0 Å². The summed E-state index contributed by atoms with van der Waals surface area (Å²) in [6, 6.07) is 2.95. The first-order valence-corrected chi connectivity index (χ1v) is 5.31. The lowest BCUT2D eigenvalue weighted by Gasteiger charge is -2.11. The lowest BCUT2D eigenvalue weighted by atomic mass is 10.1. The molecule has 0 bridgehead atoms. The Balaban J connectivity index is 3.11. The molecule has 0 aliphatic carbocycles. The molecule has 0 aliphatic rings. The van der Waals surface area contributed by atoms with Gasteiger partial charge in [0.2, 0.25) is 0 Å². The summed E-state index contributed by atoms with van der Waals surface area (Å²) in [6.07, 6.45) is -0.697. The molecule has 2 N–H and O–H groups in total. The van der Waals surface area contributed by atoms with Crippen LogP contribution in [0.15, 0.2) is 12.1 Å². The molecule has 1 aromatic rings. The Morgan fingerprint density at radius 1 is 1.47 bits per heavy atom. The molecular weight excluding hydrogens is 246 g/mol. The maximum Gasteiger partial charge on any atom is 0.411 e. The molecule has 0 saturated heterocycles. The van der Waals surface area contributed by atoms with Crippen LogP contribution < -0.4 is 5.32 Å². The first kappa shape index (κ1) is 13.3. The van der Waals surface area contributed by atoms with E-state index in [4.69, 9.17) is 16.7 Å². The summed E-state index contributed by atoms with van der Waals surface area (Å²) in [5.74, 6) is -1.16. The van der Waals surface area contributed by atoms with Crippen molar-refractivity contribution in [2.24, 2.45) is 0 Å². The largest absolute Gasteiger partial charge is 0.478 e. The zero-order valence-electron chi connectivity index (χ0n) is 9.41. The number of carbonyl (C=O) groups is 2. The van der Waals surface area contributed by atoms with Crippen LogP contribution in [-0.4, -0.2) is 23.8 Å². The number of amides is 1. The average Bonchev–Trinajstić information content (AvgIpc) is 2.23. The van der Waals surface area contributed by atoms with Crippen molar-refractivity contribution in [1.82, 2.24) is 0 Å². The maximum absolute atomic E-state index is 11.2. The van der Waals surface area contributed by atoms with Crippen LogP contribution in [0.25, 0.3) is 0 Å². The molecule has 92 valence electrons. The first-order chi connectivity index (χ1) is 7.97. The van der Waals surface area contributed by atoms with Crippen LogP contribution in [0.5, 0.6) is 0 Å². The van der Waals surface area contributed by atoms with Crippen LogP contribution in [0.2, 0.25) is 5.02 Å². The number of halogens is 1. The molecule has 0 aromatic heterocycles. The highest BCUT2D eigenvalue weighted by atomic mass is 35.5. The first-order valence-electron chi connectivity index (χ1n) is 4.93. The van der Waals surface area contributed by atoms with Crippen molar-refractivity contribution in [3.05, 3.63) is 28.3 Å². The van der Waals surface area contributed by atoms with Gasteiger partial charge in [0.25, 0.3) is 0 Å². The number of carboxylic acid groups (broad SMARTS) is 1. The third-order valence-corrected chi connectivity index (χ3v) is 2.53. The van der Waals surface area contributed by atoms with Crippen molar-refractivity contribution in [3.8, 4) is 0 Å². The second kappa shape index (κ2) is 5.54. The number of benzene rings is 1. The summed E-state index contributed by atoms with van der Waals surface area (Å²) in [7, 11) is 0. The smallest absolute Gasteiger partial charge is 0.411 e. The zero-order valence-corrected chi connectivity index (χ0v) is 10.2. The van der Waals surface area contributed by atoms with E-state index >= 15 is 0 Å². The summed E-state index contributed by atoms with van der Waals surface area (Å²) in [4.78, 5) is 22.3. The Morgan fingerprint density at radius 2 is 2.12 bits per heavy atom. The Morgan fingerprint density at radius 3 is 2.65 bits per heavy atom. The minimum atomic E-state index is -1.16. The van der Waals surface area contributed by atoms with Gasteiger partial charge in [-0.1, -0.05) is 11.6 Å². The summed E-state index contributed by atoms with van der Waals surface area (Å²) >= 11 is 5.82. The number of rotatable bonds is 3. The minimum absolute atomic E-state index is 0.0365. The number of hydrogen-bond donors (Lipinski definition) is 2. The lowest BCUT2D eigenvalue weighted by Crippen LogP contribution is -2.16. The second-order valence-corrected chi connectivity index (χ2v) is 3.65. The fourth-order valence-electron chi connectivity index (χ4n) is 1.34. The molecule has 1 amide bonds. The van der Waals surface area contributed by atoms with Gasteiger partial charge in [0.05, 0.1) is 17.9 Å². The predicted molar refractivity (Wildman–Crippen MR) is 63.8 cm³/mol. The van der Waals surface area contributed by atoms with Gasteiger partial charge < -0.3 is 9.84 Å². The van der Waals surface area contributed by atoms with Crippen LogP contribution in [0.1, 0.15) is 22.8 Å². The number of carbonyl (C=O) groups excluding carboxylic acids is 1. The number of hydrogen-bond acceptors (Lipinski definition) is 3. The summed E-state index contributed by atoms with van der Waals surface area (Å²) in [5.41, 5.74) is 0.525. The Hall–Kier alpha value is -1.75. The highest BCUT2D eigenvalue weighted by Crippen LogP contribution is 2.26. The van der Waals surface area contributed by atoms with Crippen molar-refractivity contribution >= 4 is 29.4 Å². The third kappa shape index (κ3) is 3.10. The molecular formula is C11H12ClNO4. The third-order valence-electron chi connectivity index (χ3n) is 2.12. The summed E-state index contributed by atoms with van der Waals surface area (Å²) in [5, 5.41) is 11.8. The van der Waals surface area contributed by atoms with Gasteiger partial charge in [-0.3, -0.25) is 5.32 Å². The van der Waals surface area contributed by atoms with Gasteiger partial charge in [0.15, 0.2) is 0 Å². The van der Waals surface area contributed by atoms with Gasteiger partial charge in [-0.05, 0) is 31.5 Å². The Labute approximate surface area is 103 Å². The fourth-order valence-corrected chi connectivity index (χ4v) is 1.50. The summed E-state index contributed by atoms with van der Waals surface area (Å²) < 4.78 is 4.67. The van der Waals surface area contributed by atoms with Gasteiger partial charge in [-0.15, -0.1) is 0 Å².